The molecule has 0 unspecified atom stereocenters. The summed E-state index contributed by atoms with van der Waals surface area (Å²) in [5, 5.41) is 4.33. The number of nitrogens with zero attached hydrogens (tertiary/aromatic N) is 1. The van der Waals surface area contributed by atoms with Gasteiger partial charge in [0, 0.05) is 41.7 Å². The summed E-state index contributed by atoms with van der Waals surface area (Å²) in [5.41, 5.74) is 1.30. The zero-order chi connectivity index (χ0) is 12.5. The molecule has 3 rings (SSSR count). The molecule has 1 N–H and O–H groups in total. The summed E-state index contributed by atoms with van der Waals surface area (Å²) in [6, 6.07) is 6.75. The van der Waals surface area contributed by atoms with Crippen LogP contribution >= 0.6 is 27.5 Å². The maximum Gasteiger partial charge on any atom is 0.0454 e. The SMILES string of the molecule is Clc1ccc(Br)cc1[C@H](C1CC1)N1CCNCC1. The van der Waals surface area contributed by atoms with E-state index >= 15 is 0 Å². The fourth-order valence-electron chi connectivity index (χ4n) is 2.86. The van der Waals surface area contributed by atoms with E-state index in [2.05, 4.69) is 32.2 Å². The Morgan fingerprint density at radius 3 is 2.67 bits per heavy atom. The predicted octanol–water partition coefficient (Wildman–Crippen LogP) is 3.46. The molecule has 0 bridgehead atoms. The highest BCUT2D eigenvalue weighted by Crippen LogP contribution is 2.46. The second-order valence-corrected chi connectivity index (χ2v) is 6.56. The van der Waals surface area contributed by atoms with E-state index in [1.165, 1.54) is 18.4 Å². The van der Waals surface area contributed by atoms with Crippen molar-refractivity contribution in [3.63, 3.8) is 0 Å². The summed E-state index contributed by atoms with van der Waals surface area (Å²) >= 11 is 9.99. The Kier molecular flexibility index (Phi) is 3.94. The van der Waals surface area contributed by atoms with Crippen molar-refractivity contribution >= 4 is 27.5 Å². The lowest BCUT2D eigenvalue weighted by atomic mass is 10.00. The Morgan fingerprint density at radius 2 is 2.00 bits per heavy atom. The largest absolute Gasteiger partial charge is 0.314 e. The van der Waals surface area contributed by atoms with Gasteiger partial charge in [0.05, 0.1) is 0 Å². The highest BCUT2D eigenvalue weighted by Gasteiger charge is 2.37. The quantitative estimate of drug-likeness (QED) is 0.913. The zero-order valence-electron chi connectivity index (χ0n) is 10.3. The standard InChI is InChI=1S/C14H18BrClN2/c15-11-3-4-13(16)12(9-11)14(10-1-2-10)18-7-5-17-6-8-18/h3-4,9-10,14,17H,1-2,5-8H2/t14-/m0/s1. The first-order valence-electron chi connectivity index (χ1n) is 6.65. The summed E-state index contributed by atoms with van der Waals surface area (Å²) in [4.78, 5) is 2.60. The van der Waals surface area contributed by atoms with Gasteiger partial charge in [0.25, 0.3) is 0 Å². The monoisotopic (exact) mass is 328 g/mol. The normalized spacial score (nSPS) is 23.0. The molecule has 1 aromatic rings. The lowest BCUT2D eigenvalue weighted by Crippen LogP contribution is -2.45. The van der Waals surface area contributed by atoms with E-state index in [1.807, 2.05) is 12.1 Å². The molecule has 0 spiro atoms. The predicted molar refractivity (Wildman–Crippen MR) is 79.1 cm³/mol. The van der Waals surface area contributed by atoms with Gasteiger partial charge in [-0.3, -0.25) is 4.90 Å². The number of halogens is 2. The third-order valence-electron chi connectivity index (χ3n) is 3.89. The molecule has 18 heavy (non-hydrogen) atoms. The number of nitrogens with one attached hydrogen (secondary N) is 1. The van der Waals surface area contributed by atoms with Crippen molar-refractivity contribution in [2.75, 3.05) is 26.2 Å². The molecule has 1 saturated heterocycles. The van der Waals surface area contributed by atoms with Crippen LogP contribution in [0.3, 0.4) is 0 Å². The second kappa shape index (κ2) is 5.49. The molecule has 1 saturated carbocycles. The average molecular weight is 330 g/mol. The molecule has 0 aromatic heterocycles. The zero-order valence-corrected chi connectivity index (χ0v) is 12.7. The Labute approximate surface area is 122 Å². The molecular weight excluding hydrogens is 312 g/mol. The molecule has 4 heteroatoms. The first-order chi connectivity index (χ1) is 8.75. The van der Waals surface area contributed by atoms with Crippen LogP contribution in [0.25, 0.3) is 0 Å². The smallest absolute Gasteiger partial charge is 0.0454 e. The highest BCUT2D eigenvalue weighted by molar-refractivity contribution is 9.10. The van der Waals surface area contributed by atoms with Crippen LogP contribution in [-0.2, 0) is 0 Å². The first kappa shape index (κ1) is 12.9. The van der Waals surface area contributed by atoms with Crippen LogP contribution in [0.2, 0.25) is 5.02 Å². The summed E-state index contributed by atoms with van der Waals surface area (Å²) in [6.07, 6.45) is 2.69. The van der Waals surface area contributed by atoms with Gasteiger partial charge in [0.2, 0.25) is 0 Å². The van der Waals surface area contributed by atoms with E-state index in [9.17, 15) is 0 Å². The Hall–Kier alpha value is -0.0900. The number of benzene rings is 1. The van der Waals surface area contributed by atoms with E-state index in [-0.39, 0.29) is 0 Å². The molecule has 1 heterocycles. The highest BCUT2D eigenvalue weighted by atomic mass is 79.9. The van der Waals surface area contributed by atoms with Crippen molar-refractivity contribution in [2.45, 2.75) is 18.9 Å². The van der Waals surface area contributed by atoms with Crippen LogP contribution < -0.4 is 5.32 Å². The van der Waals surface area contributed by atoms with E-state index in [0.29, 0.717) is 6.04 Å². The molecule has 2 nitrogen and oxygen atoms in total. The van der Waals surface area contributed by atoms with Crippen LogP contribution in [0.4, 0.5) is 0 Å². The van der Waals surface area contributed by atoms with Crippen molar-refractivity contribution in [2.24, 2.45) is 5.92 Å². The molecule has 1 atom stereocenters. The van der Waals surface area contributed by atoms with Crippen LogP contribution in [0.15, 0.2) is 22.7 Å². The molecule has 0 radical (unpaired) electrons. The van der Waals surface area contributed by atoms with Crippen molar-refractivity contribution in [3.05, 3.63) is 33.3 Å². The van der Waals surface area contributed by atoms with E-state index in [1.54, 1.807) is 0 Å². The Bertz CT molecular complexity index is 428. The van der Waals surface area contributed by atoms with Gasteiger partial charge < -0.3 is 5.32 Å². The first-order valence-corrected chi connectivity index (χ1v) is 7.82. The topological polar surface area (TPSA) is 15.3 Å². The number of hydrogen-bond donors (Lipinski definition) is 1. The lowest BCUT2D eigenvalue weighted by Gasteiger charge is -2.36. The van der Waals surface area contributed by atoms with Crippen molar-refractivity contribution < 1.29 is 0 Å². The van der Waals surface area contributed by atoms with E-state index < -0.39 is 0 Å². The fourth-order valence-corrected chi connectivity index (χ4v) is 3.47. The summed E-state index contributed by atoms with van der Waals surface area (Å²) < 4.78 is 1.13. The maximum atomic E-state index is 6.42. The maximum absolute atomic E-state index is 6.42. The van der Waals surface area contributed by atoms with Crippen molar-refractivity contribution in [3.8, 4) is 0 Å². The molecule has 2 fully saturated rings. The number of piperazine rings is 1. The molecule has 1 aromatic carbocycles. The number of hydrogen-bond acceptors (Lipinski definition) is 2. The van der Waals surface area contributed by atoms with Crippen molar-refractivity contribution in [1.82, 2.24) is 10.2 Å². The third-order valence-corrected chi connectivity index (χ3v) is 4.73. The molecule has 1 aliphatic heterocycles. The van der Waals surface area contributed by atoms with Crippen LogP contribution in [0.1, 0.15) is 24.4 Å². The lowest BCUT2D eigenvalue weighted by molar-refractivity contribution is 0.156. The van der Waals surface area contributed by atoms with Gasteiger partial charge in [-0.05, 0) is 42.5 Å². The minimum Gasteiger partial charge on any atom is -0.314 e. The minimum atomic E-state index is 0.511. The van der Waals surface area contributed by atoms with Gasteiger partial charge in [-0.15, -0.1) is 0 Å². The summed E-state index contributed by atoms with van der Waals surface area (Å²) in [7, 11) is 0. The molecule has 98 valence electrons. The van der Waals surface area contributed by atoms with Gasteiger partial charge in [0.15, 0.2) is 0 Å². The Morgan fingerprint density at radius 1 is 1.28 bits per heavy atom. The minimum absolute atomic E-state index is 0.511. The van der Waals surface area contributed by atoms with Gasteiger partial charge in [-0.25, -0.2) is 0 Å². The van der Waals surface area contributed by atoms with Crippen LogP contribution in [0, 0.1) is 5.92 Å². The number of rotatable bonds is 3. The van der Waals surface area contributed by atoms with Gasteiger partial charge in [-0.1, -0.05) is 27.5 Å². The summed E-state index contributed by atoms with van der Waals surface area (Å²) in [6.45, 7) is 4.44. The average Bonchev–Trinajstić information content (AvgIpc) is 3.20. The van der Waals surface area contributed by atoms with Gasteiger partial charge in [0.1, 0.15) is 0 Å². The second-order valence-electron chi connectivity index (χ2n) is 5.23. The van der Waals surface area contributed by atoms with Crippen LogP contribution in [0.5, 0.6) is 0 Å². The molecular formula is C14H18BrClN2. The van der Waals surface area contributed by atoms with Gasteiger partial charge in [-0.2, -0.15) is 0 Å². The third kappa shape index (κ3) is 2.74. The van der Waals surface area contributed by atoms with E-state index in [4.69, 9.17) is 11.6 Å². The summed E-state index contributed by atoms with van der Waals surface area (Å²) in [5.74, 6) is 0.801. The Balaban J connectivity index is 1.90. The molecule has 2 aliphatic rings. The van der Waals surface area contributed by atoms with Gasteiger partial charge >= 0.3 is 0 Å². The molecule has 1 aliphatic carbocycles. The fraction of sp³-hybridized carbons (Fsp3) is 0.571. The van der Waals surface area contributed by atoms with Crippen LogP contribution in [-0.4, -0.2) is 31.1 Å². The van der Waals surface area contributed by atoms with Crippen molar-refractivity contribution in [1.29, 1.82) is 0 Å². The van der Waals surface area contributed by atoms with E-state index in [0.717, 1.165) is 41.6 Å². The molecule has 0 amide bonds.